The standard InChI is InChI=1S/C15H25N3O3/c1-4-15(14(19)20)5-7-18(8-6-15)10-12-16-13(21-17-12)9-11(2)3/h11H,4-10H2,1-3H3,(H,19,20). The van der Waals surface area contributed by atoms with E-state index < -0.39 is 11.4 Å². The van der Waals surface area contributed by atoms with E-state index in [4.69, 9.17) is 4.52 Å². The van der Waals surface area contributed by atoms with Gasteiger partial charge in [0, 0.05) is 6.42 Å². The minimum Gasteiger partial charge on any atom is -0.481 e. The highest BCUT2D eigenvalue weighted by Crippen LogP contribution is 2.35. The molecule has 0 atom stereocenters. The highest BCUT2D eigenvalue weighted by Gasteiger charge is 2.39. The second-order valence-electron chi connectivity index (χ2n) is 6.42. The van der Waals surface area contributed by atoms with Crippen molar-refractivity contribution in [3.8, 4) is 0 Å². The number of piperidine rings is 1. The van der Waals surface area contributed by atoms with Crippen molar-refractivity contribution in [3.05, 3.63) is 11.7 Å². The molecule has 0 bridgehead atoms. The first-order chi connectivity index (χ1) is 9.95. The van der Waals surface area contributed by atoms with Gasteiger partial charge in [0.15, 0.2) is 5.82 Å². The molecule has 0 aliphatic carbocycles. The molecule has 0 aromatic carbocycles. The summed E-state index contributed by atoms with van der Waals surface area (Å²) in [5, 5.41) is 13.4. The zero-order valence-corrected chi connectivity index (χ0v) is 13.1. The molecule has 1 aromatic rings. The van der Waals surface area contributed by atoms with E-state index in [1.807, 2.05) is 6.92 Å². The Bertz CT molecular complexity index is 476. The number of nitrogens with zero attached hydrogens (tertiary/aromatic N) is 3. The minimum atomic E-state index is -0.663. The van der Waals surface area contributed by atoms with Crippen LogP contribution in [0.5, 0.6) is 0 Å². The summed E-state index contributed by atoms with van der Waals surface area (Å²) in [6, 6.07) is 0. The Balaban J connectivity index is 1.88. The van der Waals surface area contributed by atoms with Gasteiger partial charge in [-0.05, 0) is 38.3 Å². The smallest absolute Gasteiger partial charge is 0.309 e. The molecule has 6 heteroatoms. The maximum absolute atomic E-state index is 11.4. The van der Waals surface area contributed by atoms with Crippen molar-refractivity contribution in [2.75, 3.05) is 13.1 Å². The van der Waals surface area contributed by atoms with E-state index in [-0.39, 0.29) is 0 Å². The Morgan fingerprint density at radius 1 is 1.43 bits per heavy atom. The molecule has 1 N–H and O–H groups in total. The molecule has 0 radical (unpaired) electrons. The molecule has 0 unspecified atom stereocenters. The highest BCUT2D eigenvalue weighted by molar-refractivity contribution is 5.74. The van der Waals surface area contributed by atoms with Gasteiger partial charge in [0.1, 0.15) is 0 Å². The average molecular weight is 295 g/mol. The van der Waals surface area contributed by atoms with Crippen LogP contribution in [0.4, 0.5) is 0 Å². The zero-order chi connectivity index (χ0) is 15.5. The molecule has 1 aliphatic heterocycles. The van der Waals surface area contributed by atoms with Crippen LogP contribution in [0.15, 0.2) is 4.52 Å². The van der Waals surface area contributed by atoms with E-state index >= 15 is 0 Å². The van der Waals surface area contributed by atoms with E-state index in [1.54, 1.807) is 0 Å². The highest BCUT2D eigenvalue weighted by atomic mass is 16.5. The summed E-state index contributed by atoms with van der Waals surface area (Å²) in [4.78, 5) is 18.0. The van der Waals surface area contributed by atoms with Crippen molar-refractivity contribution in [1.82, 2.24) is 15.0 Å². The topological polar surface area (TPSA) is 79.5 Å². The largest absolute Gasteiger partial charge is 0.481 e. The van der Waals surface area contributed by atoms with E-state index in [0.29, 0.717) is 43.4 Å². The van der Waals surface area contributed by atoms with Crippen molar-refractivity contribution in [2.45, 2.75) is 53.0 Å². The summed E-state index contributed by atoms with van der Waals surface area (Å²) in [5.74, 6) is 1.22. The fraction of sp³-hybridized carbons (Fsp3) is 0.800. The molecule has 118 valence electrons. The van der Waals surface area contributed by atoms with Crippen molar-refractivity contribution in [2.24, 2.45) is 11.3 Å². The zero-order valence-electron chi connectivity index (χ0n) is 13.1. The summed E-state index contributed by atoms with van der Waals surface area (Å²) in [6.07, 6.45) is 2.87. The minimum absolute atomic E-state index is 0.494. The lowest BCUT2D eigenvalue weighted by molar-refractivity contribution is -0.152. The van der Waals surface area contributed by atoms with Gasteiger partial charge in [0.2, 0.25) is 5.89 Å². The second kappa shape index (κ2) is 6.56. The lowest BCUT2D eigenvalue weighted by atomic mass is 9.76. The maximum atomic E-state index is 11.4. The molecule has 2 heterocycles. The Hall–Kier alpha value is -1.43. The molecular formula is C15H25N3O3. The van der Waals surface area contributed by atoms with Crippen LogP contribution in [0.3, 0.4) is 0 Å². The monoisotopic (exact) mass is 295 g/mol. The molecule has 1 aliphatic rings. The van der Waals surface area contributed by atoms with Gasteiger partial charge in [-0.2, -0.15) is 4.98 Å². The molecule has 1 saturated heterocycles. The number of aliphatic carboxylic acids is 1. The van der Waals surface area contributed by atoms with Crippen molar-refractivity contribution >= 4 is 5.97 Å². The third kappa shape index (κ3) is 3.81. The predicted octanol–water partition coefficient (Wildman–Crippen LogP) is 2.34. The lowest BCUT2D eigenvalue weighted by Gasteiger charge is -2.37. The van der Waals surface area contributed by atoms with Crippen LogP contribution in [0.1, 0.15) is 51.7 Å². The van der Waals surface area contributed by atoms with Crippen LogP contribution < -0.4 is 0 Å². The van der Waals surface area contributed by atoms with E-state index in [0.717, 1.165) is 19.5 Å². The molecule has 1 fully saturated rings. The molecule has 2 rings (SSSR count). The number of hydrogen-bond donors (Lipinski definition) is 1. The Labute approximate surface area is 125 Å². The van der Waals surface area contributed by atoms with Gasteiger partial charge in [0.25, 0.3) is 0 Å². The summed E-state index contributed by atoms with van der Waals surface area (Å²) < 4.78 is 5.24. The lowest BCUT2D eigenvalue weighted by Crippen LogP contribution is -2.43. The molecule has 1 aromatic heterocycles. The summed E-state index contributed by atoms with van der Waals surface area (Å²) in [6.45, 7) is 8.38. The van der Waals surface area contributed by atoms with Crippen LogP contribution in [0.2, 0.25) is 0 Å². The van der Waals surface area contributed by atoms with E-state index in [2.05, 4.69) is 28.9 Å². The normalized spacial score (nSPS) is 19.0. The fourth-order valence-corrected chi connectivity index (χ4v) is 2.84. The van der Waals surface area contributed by atoms with Gasteiger partial charge in [-0.15, -0.1) is 0 Å². The number of carboxylic acids is 1. The summed E-state index contributed by atoms with van der Waals surface area (Å²) in [5.41, 5.74) is -0.545. The Morgan fingerprint density at radius 3 is 2.62 bits per heavy atom. The summed E-state index contributed by atoms with van der Waals surface area (Å²) in [7, 11) is 0. The van der Waals surface area contributed by atoms with Crippen LogP contribution >= 0.6 is 0 Å². The van der Waals surface area contributed by atoms with Crippen LogP contribution in [0.25, 0.3) is 0 Å². The first kappa shape index (κ1) is 15.9. The maximum Gasteiger partial charge on any atom is 0.309 e. The van der Waals surface area contributed by atoms with Crippen LogP contribution in [0, 0.1) is 11.3 Å². The van der Waals surface area contributed by atoms with Gasteiger partial charge in [0.05, 0.1) is 12.0 Å². The van der Waals surface area contributed by atoms with Gasteiger partial charge in [-0.25, -0.2) is 0 Å². The van der Waals surface area contributed by atoms with Crippen molar-refractivity contribution in [3.63, 3.8) is 0 Å². The number of carboxylic acid groups (broad SMARTS) is 1. The molecule has 6 nitrogen and oxygen atoms in total. The fourth-order valence-electron chi connectivity index (χ4n) is 2.84. The molecular weight excluding hydrogens is 270 g/mol. The quantitative estimate of drug-likeness (QED) is 0.867. The first-order valence-corrected chi connectivity index (χ1v) is 7.72. The number of likely N-dealkylation sites (tertiary alicyclic amines) is 1. The predicted molar refractivity (Wildman–Crippen MR) is 77.7 cm³/mol. The SMILES string of the molecule is CCC1(C(=O)O)CCN(Cc2noc(CC(C)C)n2)CC1. The molecule has 21 heavy (non-hydrogen) atoms. The van der Waals surface area contributed by atoms with Crippen LogP contribution in [-0.4, -0.2) is 39.2 Å². The summed E-state index contributed by atoms with van der Waals surface area (Å²) >= 11 is 0. The van der Waals surface area contributed by atoms with Gasteiger partial charge >= 0.3 is 5.97 Å². The average Bonchev–Trinajstić information content (AvgIpc) is 2.86. The number of aromatic nitrogens is 2. The number of rotatable bonds is 6. The van der Waals surface area contributed by atoms with Gasteiger partial charge in [-0.1, -0.05) is 25.9 Å². The second-order valence-corrected chi connectivity index (χ2v) is 6.42. The van der Waals surface area contributed by atoms with Gasteiger partial charge in [-0.3, -0.25) is 9.69 Å². The Morgan fingerprint density at radius 2 is 2.10 bits per heavy atom. The third-order valence-corrected chi connectivity index (χ3v) is 4.40. The van der Waals surface area contributed by atoms with Crippen molar-refractivity contribution in [1.29, 1.82) is 0 Å². The number of carbonyl (C=O) groups is 1. The Kier molecular flexibility index (Phi) is 4.98. The molecule has 0 amide bonds. The van der Waals surface area contributed by atoms with Gasteiger partial charge < -0.3 is 9.63 Å². The van der Waals surface area contributed by atoms with Crippen LogP contribution in [-0.2, 0) is 17.8 Å². The third-order valence-electron chi connectivity index (χ3n) is 4.40. The molecule has 0 saturated carbocycles. The first-order valence-electron chi connectivity index (χ1n) is 7.72. The number of hydrogen-bond acceptors (Lipinski definition) is 5. The molecule has 0 spiro atoms. The van der Waals surface area contributed by atoms with E-state index in [1.165, 1.54) is 0 Å². The van der Waals surface area contributed by atoms with E-state index in [9.17, 15) is 9.90 Å². The van der Waals surface area contributed by atoms with Crippen molar-refractivity contribution < 1.29 is 14.4 Å².